The summed E-state index contributed by atoms with van der Waals surface area (Å²) < 4.78 is 27.7. The van der Waals surface area contributed by atoms with Crippen LogP contribution in [-0.4, -0.2) is 11.7 Å². The van der Waals surface area contributed by atoms with Crippen molar-refractivity contribution in [3.63, 3.8) is 0 Å². The van der Waals surface area contributed by atoms with Crippen molar-refractivity contribution in [1.82, 2.24) is 0 Å². The topological polar surface area (TPSA) is 29.1 Å². The van der Waals surface area contributed by atoms with Crippen LogP contribution in [0.3, 0.4) is 0 Å². The Morgan fingerprint density at radius 3 is 2.62 bits per heavy atom. The Kier molecular flexibility index (Phi) is 4.33. The van der Waals surface area contributed by atoms with E-state index in [0.717, 1.165) is 35.6 Å². The lowest BCUT2D eigenvalue weighted by atomic mass is 10.2. The van der Waals surface area contributed by atoms with Crippen molar-refractivity contribution in [2.24, 2.45) is 0 Å². The van der Waals surface area contributed by atoms with Gasteiger partial charge in [-0.05, 0) is 35.9 Å². The number of nitrogens with one attached hydrogen (secondary N) is 1. The Hall–Kier alpha value is -0.920. The zero-order valence-corrected chi connectivity index (χ0v) is 13.9. The molecule has 1 aromatic carbocycles. The number of fused-ring (bicyclic) bond motifs is 1. The van der Waals surface area contributed by atoms with E-state index in [1.165, 1.54) is 16.2 Å². The Morgan fingerprint density at radius 2 is 1.95 bits per heavy atom. The van der Waals surface area contributed by atoms with Crippen LogP contribution in [0.15, 0.2) is 22.7 Å². The number of rotatable bonds is 2. The minimum absolute atomic E-state index is 0.291. The number of benzene rings is 1. The highest BCUT2D eigenvalue weighted by Gasteiger charge is 2.20. The molecule has 7 heteroatoms. The number of thioether (sulfide) groups is 1. The van der Waals surface area contributed by atoms with E-state index >= 15 is 0 Å². The molecule has 1 aliphatic heterocycles. The van der Waals surface area contributed by atoms with E-state index in [-0.39, 0.29) is 0 Å². The van der Waals surface area contributed by atoms with Gasteiger partial charge in [-0.3, -0.25) is 4.79 Å². The number of aryl methyl sites for hydroxylation is 1. The third kappa shape index (κ3) is 3.14. The molecule has 0 fully saturated rings. The van der Waals surface area contributed by atoms with Crippen molar-refractivity contribution < 1.29 is 13.6 Å². The highest BCUT2D eigenvalue weighted by atomic mass is 79.9. The summed E-state index contributed by atoms with van der Waals surface area (Å²) in [6, 6.07) is 4.06. The molecule has 2 aromatic rings. The molecule has 0 aliphatic carbocycles. The monoisotopic (exact) mass is 389 g/mol. The lowest BCUT2D eigenvalue weighted by Crippen LogP contribution is -2.13. The van der Waals surface area contributed by atoms with Crippen molar-refractivity contribution in [1.29, 1.82) is 0 Å². The van der Waals surface area contributed by atoms with E-state index < -0.39 is 23.2 Å². The summed E-state index contributed by atoms with van der Waals surface area (Å²) in [6.45, 7) is 0. The third-order valence-corrected chi connectivity index (χ3v) is 5.80. The number of carbonyl (C=O) groups excluding carboxylic acids is 1. The van der Waals surface area contributed by atoms with E-state index in [0.29, 0.717) is 9.35 Å². The SMILES string of the molecule is O=C(Nc1c(F)cc(Br)cc1F)c1cc2c(s1)CCSC2. The summed E-state index contributed by atoms with van der Waals surface area (Å²) in [5.41, 5.74) is 0.738. The van der Waals surface area contributed by atoms with Crippen molar-refractivity contribution in [2.45, 2.75) is 12.2 Å². The maximum Gasteiger partial charge on any atom is 0.265 e. The summed E-state index contributed by atoms with van der Waals surface area (Å²) in [6.07, 6.45) is 0.943. The van der Waals surface area contributed by atoms with Gasteiger partial charge in [0, 0.05) is 15.1 Å². The summed E-state index contributed by atoms with van der Waals surface area (Å²) in [4.78, 5) is 13.8. The first-order valence-corrected chi connectivity index (χ1v) is 8.96. The van der Waals surface area contributed by atoms with Crippen molar-refractivity contribution in [3.05, 3.63) is 49.6 Å². The van der Waals surface area contributed by atoms with Crippen LogP contribution in [0.2, 0.25) is 0 Å². The molecule has 0 atom stereocenters. The number of hydrogen-bond acceptors (Lipinski definition) is 3. The molecule has 1 amide bonds. The molecule has 0 saturated heterocycles. The van der Waals surface area contributed by atoms with Gasteiger partial charge in [-0.2, -0.15) is 11.8 Å². The Morgan fingerprint density at radius 1 is 1.24 bits per heavy atom. The number of amides is 1. The molecule has 0 unspecified atom stereocenters. The first kappa shape index (κ1) is 15.0. The highest BCUT2D eigenvalue weighted by Crippen LogP contribution is 2.32. The van der Waals surface area contributed by atoms with Gasteiger partial charge >= 0.3 is 0 Å². The van der Waals surface area contributed by atoms with Crippen LogP contribution in [0.5, 0.6) is 0 Å². The summed E-state index contributed by atoms with van der Waals surface area (Å²) in [5.74, 6) is -0.135. The molecule has 1 aromatic heterocycles. The lowest BCUT2D eigenvalue weighted by Gasteiger charge is -2.08. The van der Waals surface area contributed by atoms with Gasteiger partial charge in [0.15, 0.2) is 11.6 Å². The maximum absolute atomic E-state index is 13.7. The van der Waals surface area contributed by atoms with Gasteiger partial charge in [0.25, 0.3) is 5.91 Å². The highest BCUT2D eigenvalue weighted by molar-refractivity contribution is 9.10. The van der Waals surface area contributed by atoms with Gasteiger partial charge in [-0.1, -0.05) is 15.9 Å². The molecule has 0 spiro atoms. The second-order valence-corrected chi connectivity index (χ2v) is 7.72. The zero-order valence-electron chi connectivity index (χ0n) is 10.7. The van der Waals surface area contributed by atoms with E-state index in [1.807, 2.05) is 17.8 Å². The van der Waals surface area contributed by atoms with Crippen LogP contribution >= 0.6 is 39.0 Å². The first-order valence-electron chi connectivity index (χ1n) is 6.20. The molecular weight excluding hydrogens is 380 g/mol. The molecule has 0 radical (unpaired) electrons. The first-order chi connectivity index (χ1) is 10.0. The van der Waals surface area contributed by atoms with Crippen LogP contribution in [0.25, 0.3) is 0 Å². The molecule has 0 bridgehead atoms. The fraction of sp³-hybridized carbons (Fsp3) is 0.214. The van der Waals surface area contributed by atoms with Gasteiger partial charge in [0.05, 0.1) is 4.88 Å². The Balaban J connectivity index is 1.85. The number of hydrogen-bond donors (Lipinski definition) is 1. The summed E-state index contributed by atoms with van der Waals surface area (Å²) in [5, 5.41) is 2.32. The van der Waals surface area contributed by atoms with Crippen molar-refractivity contribution in [3.8, 4) is 0 Å². The fourth-order valence-electron chi connectivity index (χ4n) is 2.10. The van der Waals surface area contributed by atoms with Crippen molar-refractivity contribution >= 4 is 50.6 Å². The second-order valence-electron chi connectivity index (χ2n) is 4.56. The largest absolute Gasteiger partial charge is 0.316 e. The molecule has 1 N–H and O–H groups in total. The predicted octanol–water partition coefficient (Wildman–Crippen LogP) is 4.83. The molecule has 21 heavy (non-hydrogen) atoms. The Labute approximate surface area is 137 Å². The molecule has 0 saturated carbocycles. The molecule has 2 heterocycles. The Bertz CT molecular complexity index is 670. The van der Waals surface area contributed by atoms with Gasteiger partial charge < -0.3 is 5.32 Å². The van der Waals surface area contributed by atoms with Crippen LogP contribution in [0, 0.1) is 11.6 Å². The second kappa shape index (κ2) is 6.06. The van der Waals surface area contributed by atoms with Gasteiger partial charge in [-0.15, -0.1) is 11.3 Å². The smallest absolute Gasteiger partial charge is 0.265 e. The number of thiophene rings is 1. The van der Waals surface area contributed by atoms with E-state index in [2.05, 4.69) is 21.2 Å². The fourth-order valence-corrected chi connectivity index (χ4v) is 4.77. The molecule has 1 aliphatic rings. The quantitative estimate of drug-likeness (QED) is 0.796. The van der Waals surface area contributed by atoms with Crippen molar-refractivity contribution in [2.75, 3.05) is 11.1 Å². The van der Waals surface area contributed by atoms with E-state index in [1.54, 1.807) is 0 Å². The van der Waals surface area contributed by atoms with E-state index in [4.69, 9.17) is 0 Å². The van der Waals surface area contributed by atoms with Crippen LogP contribution in [-0.2, 0) is 12.2 Å². The average Bonchev–Trinajstić information content (AvgIpc) is 2.86. The maximum atomic E-state index is 13.7. The molecule has 2 nitrogen and oxygen atoms in total. The van der Waals surface area contributed by atoms with Crippen LogP contribution in [0.1, 0.15) is 20.1 Å². The van der Waals surface area contributed by atoms with Gasteiger partial charge in [0.1, 0.15) is 5.69 Å². The van der Waals surface area contributed by atoms with E-state index in [9.17, 15) is 13.6 Å². The third-order valence-electron chi connectivity index (χ3n) is 3.10. The summed E-state index contributed by atoms with van der Waals surface area (Å²) in [7, 11) is 0. The minimum atomic E-state index is -0.799. The summed E-state index contributed by atoms with van der Waals surface area (Å²) >= 11 is 6.22. The number of anilines is 1. The normalized spacial score (nSPS) is 13.9. The standard InChI is InChI=1S/C14H10BrF2NOS2/c15-8-4-9(16)13(10(17)5-8)18-14(19)12-3-7-6-20-2-1-11(7)21-12/h3-5H,1-2,6H2,(H,18,19). The van der Waals surface area contributed by atoms with Crippen LogP contribution in [0.4, 0.5) is 14.5 Å². The molecular formula is C14H10BrF2NOS2. The molecule has 3 rings (SSSR count). The predicted molar refractivity (Wildman–Crippen MR) is 86.2 cm³/mol. The van der Waals surface area contributed by atoms with Gasteiger partial charge in [-0.25, -0.2) is 8.78 Å². The number of carbonyl (C=O) groups is 1. The average molecular weight is 390 g/mol. The van der Waals surface area contributed by atoms with Crippen LogP contribution < -0.4 is 5.32 Å². The lowest BCUT2D eigenvalue weighted by molar-refractivity contribution is 0.102. The minimum Gasteiger partial charge on any atom is -0.316 e. The molecule has 110 valence electrons. The van der Waals surface area contributed by atoms with Gasteiger partial charge in [0.2, 0.25) is 0 Å². The zero-order chi connectivity index (χ0) is 15.0. The number of halogens is 3.